The lowest BCUT2D eigenvalue weighted by Gasteiger charge is -2.30. The van der Waals surface area contributed by atoms with Gasteiger partial charge in [0.1, 0.15) is 0 Å². The van der Waals surface area contributed by atoms with Crippen LogP contribution >= 0.6 is 0 Å². The Kier molecular flexibility index (Phi) is 4.43. The topological polar surface area (TPSA) is 41.6 Å². The molecule has 0 aliphatic carbocycles. The van der Waals surface area contributed by atoms with Crippen LogP contribution in [0.4, 0.5) is 5.69 Å². The second-order valence-electron chi connectivity index (χ2n) is 5.30. The molecule has 104 valence electrons. The molecule has 2 rings (SSSR count). The molecular weight excluding hydrogens is 240 g/mol. The fourth-order valence-electron chi connectivity index (χ4n) is 2.50. The van der Waals surface area contributed by atoms with E-state index in [9.17, 15) is 4.79 Å². The summed E-state index contributed by atoms with van der Waals surface area (Å²) in [5.41, 5.74) is 1.76. The van der Waals surface area contributed by atoms with Crippen molar-refractivity contribution in [1.29, 1.82) is 0 Å². The molecule has 1 aromatic carbocycles. The van der Waals surface area contributed by atoms with E-state index >= 15 is 0 Å². The Bertz CT molecular complexity index is 430. The van der Waals surface area contributed by atoms with Gasteiger partial charge >= 0.3 is 5.97 Å². The minimum absolute atomic E-state index is 0.287. The van der Waals surface area contributed by atoms with Crippen molar-refractivity contribution >= 4 is 11.7 Å². The van der Waals surface area contributed by atoms with Crippen molar-refractivity contribution in [1.82, 2.24) is 5.32 Å². The summed E-state index contributed by atoms with van der Waals surface area (Å²) in [6.45, 7) is 7.55. The van der Waals surface area contributed by atoms with Gasteiger partial charge in [0.25, 0.3) is 0 Å². The standard InChI is InChI=1S/C15H22N2O2/c1-11-8-16-9-12(2)17(10-11)14-6-4-13(5-7-14)15(18)19-3/h4-7,11-12,16H,8-10H2,1-3H3. The number of rotatable bonds is 2. The molecule has 1 aromatic rings. The predicted molar refractivity (Wildman–Crippen MR) is 76.6 cm³/mol. The SMILES string of the molecule is COC(=O)c1ccc(N2CC(C)CNCC2C)cc1. The van der Waals surface area contributed by atoms with E-state index in [-0.39, 0.29) is 5.97 Å². The number of hydrogen-bond acceptors (Lipinski definition) is 4. The molecule has 2 unspecified atom stereocenters. The van der Waals surface area contributed by atoms with Gasteiger partial charge in [-0.3, -0.25) is 0 Å². The lowest BCUT2D eigenvalue weighted by Crippen LogP contribution is -2.37. The van der Waals surface area contributed by atoms with Crippen LogP contribution in [0.1, 0.15) is 24.2 Å². The summed E-state index contributed by atoms with van der Waals surface area (Å²) in [6.07, 6.45) is 0. The highest BCUT2D eigenvalue weighted by atomic mass is 16.5. The van der Waals surface area contributed by atoms with Crippen molar-refractivity contribution in [3.63, 3.8) is 0 Å². The molecule has 0 saturated carbocycles. The Labute approximate surface area is 114 Å². The molecule has 0 radical (unpaired) electrons. The number of carbonyl (C=O) groups is 1. The highest BCUT2D eigenvalue weighted by molar-refractivity contribution is 5.89. The van der Waals surface area contributed by atoms with Crippen LogP contribution in [0.5, 0.6) is 0 Å². The summed E-state index contributed by atoms with van der Waals surface area (Å²) in [7, 11) is 1.40. The Morgan fingerprint density at radius 1 is 1.26 bits per heavy atom. The second kappa shape index (κ2) is 6.06. The Morgan fingerprint density at radius 2 is 1.95 bits per heavy atom. The average Bonchev–Trinajstić information content (AvgIpc) is 2.60. The van der Waals surface area contributed by atoms with Crippen molar-refractivity contribution in [3.05, 3.63) is 29.8 Å². The fourth-order valence-corrected chi connectivity index (χ4v) is 2.50. The normalized spacial score (nSPS) is 23.8. The minimum atomic E-state index is -0.287. The van der Waals surface area contributed by atoms with Crippen LogP contribution in [0.15, 0.2) is 24.3 Å². The van der Waals surface area contributed by atoms with Crippen molar-refractivity contribution < 1.29 is 9.53 Å². The average molecular weight is 262 g/mol. The number of methoxy groups -OCH3 is 1. The third kappa shape index (κ3) is 3.26. The molecular formula is C15H22N2O2. The van der Waals surface area contributed by atoms with Crippen LogP contribution in [0.25, 0.3) is 0 Å². The summed E-state index contributed by atoms with van der Waals surface area (Å²) in [4.78, 5) is 13.8. The zero-order valence-corrected chi connectivity index (χ0v) is 11.8. The predicted octanol–water partition coefficient (Wildman–Crippen LogP) is 1.91. The van der Waals surface area contributed by atoms with E-state index in [0.29, 0.717) is 17.5 Å². The summed E-state index contributed by atoms with van der Waals surface area (Å²) >= 11 is 0. The van der Waals surface area contributed by atoms with Gasteiger partial charge in [-0.2, -0.15) is 0 Å². The second-order valence-corrected chi connectivity index (χ2v) is 5.30. The molecule has 2 atom stereocenters. The number of carbonyl (C=O) groups excluding carboxylic acids is 1. The molecule has 1 aliphatic heterocycles. The molecule has 0 spiro atoms. The maximum Gasteiger partial charge on any atom is 0.337 e. The first-order chi connectivity index (χ1) is 9.11. The lowest BCUT2D eigenvalue weighted by atomic mass is 10.1. The van der Waals surface area contributed by atoms with E-state index in [4.69, 9.17) is 4.74 Å². The molecule has 1 N–H and O–H groups in total. The number of benzene rings is 1. The van der Waals surface area contributed by atoms with E-state index in [1.54, 1.807) is 0 Å². The van der Waals surface area contributed by atoms with Crippen molar-refractivity contribution in [2.45, 2.75) is 19.9 Å². The number of anilines is 1. The molecule has 0 amide bonds. The van der Waals surface area contributed by atoms with Gasteiger partial charge in [0.05, 0.1) is 12.7 Å². The van der Waals surface area contributed by atoms with Crippen molar-refractivity contribution in [2.24, 2.45) is 5.92 Å². The number of nitrogens with one attached hydrogen (secondary N) is 1. The summed E-state index contributed by atoms with van der Waals surface area (Å²) in [5.74, 6) is 0.329. The maximum absolute atomic E-state index is 11.4. The van der Waals surface area contributed by atoms with Crippen LogP contribution in [-0.2, 0) is 4.74 Å². The monoisotopic (exact) mass is 262 g/mol. The van der Waals surface area contributed by atoms with Gasteiger partial charge in [-0.1, -0.05) is 6.92 Å². The molecule has 4 heteroatoms. The molecule has 0 bridgehead atoms. The first-order valence-corrected chi connectivity index (χ1v) is 6.77. The smallest absolute Gasteiger partial charge is 0.337 e. The number of ether oxygens (including phenoxy) is 1. The summed E-state index contributed by atoms with van der Waals surface area (Å²) in [5, 5.41) is 3.47. The van der Waals surface area contributed by atoms with Gasteiger partial charge in [0.15, 0.2) is 0 Å². The van der Waals surface area contributed by atoms with E-state index in [2.05, 4.69) is 24.1 Å². The molecule has 4 nitrogen and oxygen atoms in total. The van der Waals surface area contributed by atoms with E-state index < -0.39 is 0 Å². The fraction of sp³-hybridized carbons (Fsp3) is 0.533. The Balaban J connectivity index is 2.17. The van der Waals surface area contributed by atoms with Gasteiger partial charge in [-0.15, -0.1) is 0 Å². The minimum Gasteiger partial charge on any atom is -0.465 e. The first kappa shape index (κ1) is 13.9. The van der Waals surface area contributed by atoms with Crippen LogP contribution in [0, 0.1) is 5.92 Å². The van der Waals surface area contributed by atoms with E-state index in [0.717, 1.165) is 25.3 Å². The van der Waals surface area contributed by atoms with Crippen LogP contribution < -0.4 is 10.2 Å². The molecule has 19 heavy (non-hydrogen) atoms. The van der Waals surface area contributed by atoms with E-state index in [1.165, 1.54) is 7.11 Å². The van der Waals surface area contributed by atoms with Gasteiger partial charge in [-0.05, 0) is 43.7 Å². The quantitative estimate of drug-likeness (QED) is 0.827. The molecule has 1 heterocycles. The number of nitrogens with zero attached hydrogens (tertiary/aromatic N) is 1. The van der Waals surface area contributed by atoms with Gasteiger partial charge < -0.3 is 15.0 Å². The zero-order chi connectivity index (χ0) is 13.8. The van der Waals surface area contributed by atoms with E-state index in [1.807, 2.05) is 24.3 Å². The largest absolute Gasteiger partial charge is 0.465 e. The maximum atomic E-state index is 11.4. The van der Waals surface area contributed by atoms with Crippen molar-refractivity contribution in [2.75, 3.05) is 31.6 Å². The third-order valence-corrected chi connectivity index (χ3v) is 3.59. The Hall–Kier alpha value is -1.55. The summed E-state index contributed by atoms with van der Waals surface area (Å²) < 4.78 is 4.72. The van der Waals surface area contributed by atoms with Crippen LogP contribution in [0.3, 0.4) is 0 Å². The van der Waals surface area contributed by atoms with Crippen LogP contribution in [0.2, 0.25) is 0 Å². The lowest BCUT2D eigenvalue weighted by molar-refractivity contribution is 0.0601. The van der Waals surface area contributed by atoms with Gasteiger partial charge in [0.2, 0.25) is 0 Å². The zero-order valence-electron chi connectivity index (χ0n) is 11.8. The third-order valence-electron chi connectivity index (χ3n) is 3.59. The molecule has 1 aliphatic rings. The number of esters is 1. The Morgan fingerprint density at radius 3 is 2.58 bits per heavy atom. The highest BCUT2D eigenvalue weighted by Gasteiger charge is 2.21. The van der Waals surface area contributed by atoms with Gasteiger partial charge in [-0.25, -0.2) is 4.79 Å². The van der Waals surface area contributed by atoms with Gasteiger partial charge in [0, 0.05) is 24.8 Å². The first-order valence-electron chi connectivity index (χ1n) is 6.77. The highest BCUT2D eigenvalue weighted by Crippen LogP contribution is 2.21. The molecule has 1 saturated heterocycles. The molecule has 1 fully saturated rings. The summed E-state index contributed by atoms with van der Waals surface area (Å²) in [6, 6.07) is 8.11. The molecule has 0 aromatic heterocycles. The van der Waals surface area contributed by atoms with Crippen LogP contribution in [-0.4, -0.2) is 38.8 Å². The number of hydrogen-bond donors (Lipinski definition) is 1. The van der Waals surface area contributed by atoms with Crippen molar-refractivity contribution in [3.8, 4) is 0 Å².